The van der Waals surface area contributed by atoms with Gasteiger partial charge in [-0.2, -0.15) is 0 Å². The second-order valence-corrected chi connectivity index (χ2v) is 3.57. The van der Waals surface area contributed by atoms with E-state index in [1.807, 2.05) is 0 Å². The molecule has 0 aromatic heterocycles. The summed E-state index contributed by atoms with van der Waals surface area (Å²) in [6.07, 6.45) is 2.84. The fourth-order valence-electron chi connectivity index (χ4n) is 2.00. The van der Waals surface area contributed by atoms with Gasteiger partial charge in [-0.3, -0.25) is 0 Å². The molecule has 1 aliphatic carbocycles. The topological polar surface area (TPSA) is 23.5 Å². The lowest BCUT2D eigenvalue weighted by Crippen LogP contribution is -2.33. The number of aliphatic hydroxyl groups excluding tert-OH is 1. The average Bonchev–Trinajstić information content (AvgIpc) is 2.66. The first kappa shape index (κ1) is 6.62. The van der Waals surface area contributed by atoms with E-state index in [2.05, 4.69) is 4.90 Å². The van der Waals surface area contributed by atoms with E-state index in [0.29, 0.717) is 6.61 Å². The van der Waals surface area contributed by atoms with Crippen LogP contribution in [0.3, 0.4) is 0 Å². The van der Waals surface area contributed by atoms with Crippen LogP contribution in [0, 0.1) is 11.8 Å². The Kier molecular flexibility index (Phi) is 1.66. The van der Waals surface area contributed by atoms with Crippen molar-refractivity contribution in [3.63, 3.8) is 0 Å². The molecular formula is C8H15NO. The summed E-state index contributed by atoms with van der Waals surface area (Å²) in [4.78, 5) is 2.38. The molecule has 10 heavy (non-hydrogen) atoms. The molecule has 0 radical (unpaired) electrons. The average molecular weight is 141 g/mol. The molecule has 1 N–H and O–H groups in total. The zero-order valence-corrected chi connectivity index (χ0v) is 6.29. The molecule has 2 rings (SSSR count). The van der Waals surface area contributed by atoms with Crippen molar-refractivity contribution in [1.29, 1.82) is 0 Å². The molecule has 2 aliphatic rings. The lowest BCUT2D eigenvalue weighted by atomic mass is 10.1. The predicted octanol–water partition coefficient (Wildman–Crippen LogP) is 0.320. The number of fused-ring (bicyclic) bond motifs is 1. The molecule has 1 heterocycles. The molecule has 2 atom stereocenters. The van der Waals surface area contributed by atoms with E-state index in [1.54, 1.807) is 0 Å². The number of likely N-dealkylation sites (tertiary alicyclic amines) is 1. The molecule has 0 spiro atoms. The van der Waals surface area contributed by atoms with Gasteiger partial charge in [-0.1, -0.05) is 0 Å². The molecule has 1 saturated carbocycles. The Bertz CT molecular complexity index is 126. The first-order chi connectivity index (χ1) is 4.90. The molecule has 0 aromatic carbocycles. The Hall–Kier alpha value is -0.0800. The molecule has 2 fully saturated rings. The molecular weight excluding hydrogens is 126 g/mol. The van der Waals surface area contributed by atoms with Gasteiger partial charge in [-0.05, 0) is 31.2 Å². The number of rotatable bonds is 2. The Morgan fingerprint density at radius 3 is 3.00 bits per heavy atom. The molecule has 58 valence electrons. The molecule has 0 bridgehead atoms. The van der Waals surface area contributed by atoms with Crippen LogP contribution < -0.4 is 0 Å². The van der Waals surface area contributed by atoms with Gasteiger partial charge in [0.05, 0.1) is 6.61 Å². The molecule has 0 aromatic rings. The Balaban J connectivity index is 1.77. The second kappa shape index (κ2) is 2.51. The summed E-state index contributed by atoms with van der Waals surface area (Å²) in [5, 5.41) is 8.68. The minimum absolute atomic E-state index is 0.331. The molecule has 2 nitrogen and oxygen atoms in total. The van der Waals surface area contributed by atoms with Gasteiger partial charge in [0.25, 0.3) is 0 Å². The fourth-order valence-corrected chi connectivity index (χ4v) is 2.00. The van der Waals surface area contributed by atoms with Gasteiger partial charge in [0.1, 0.15) is 0 Å². The van der Waals surface area contributed by atoms with Crippen molar-refractivity contribution < 1.29 is 5.11 Å². The first-order valence-electron chi connectivity index (χ1n) is 4.23. The summed E-state index contributed by atoms with van der Waals surface area (Å²) in [5.41, 5.74) is 0. The first-order valence-corrected chi connectivity index (χ1v) is 4.23. The van der Waals surface area contributed by atoms with Crippen molar-refractivity contribution in [3.8, 4) is 0 Å². The maximum Gasteiger partial charge on any atom is 0.0558 e. The molecule has 2 heteroatoms. The van der Waals surface area contributed by atoms with Crippen LogP contribution >= 0.6 is 0 Å². The van der Waals surface area contributed by atoms with E-state index in [9.17, 15) is 0 Å². The van der Waals surface area contributed by atoms with Crippen LogP contribution in [-0.4, -0.2) is 36.2 Å². The molecule has 1 aliphatic heterocycles. The van der Waals surface area contributed by atoms with E-state index >= 15 is 0 Å². The van der Waals surface area contributed by atoms with Gasteiger partial charge in [0, 0.05) is 13.1 Å². The van der Waals surface area contributed by atoms with Crippen LogP contribution in [0.5, 0.6) is 0 Å². The van der Waals surface area contributed by atoms with E-state index in [-0.39, 0.29) is 0 Å². The van der Waals surface area contributed by atoms with Gasteiger partial charge in [-0.25, -0.2) is 0 Å². The van der Waals surface area contributed by atoms with Crippen LogP contribution in [0.15, 0.2) is 0 Å². The number of β-amino-alcohol motifs (C(OH)–C–C–N with tert-alkyl or cyclic N) is 1. The van der Waals surface area contributed by atoms with Crippen molar-refractivity contribution in [1.82, 2.24) is 4.90 Å². The van der Waals surface area contributed by atoms with E-state index in [0.717, 1.165) is 18.4 Å². The number of piperidine rings is 1. The number of nitrogens with zero attached hydrogens (tertiary/aromatic N) is 1. The van der Waals surface area contributed by atoms with E-state index < -0.39 is 0 Å². The van der Waals surface area contributed by atoms with Gasteiger partial charge in [0.2, 0.25) is 0 Å². The minimum Gasteiger partial charge on any atom is -0.395 e. The molecule has 2 unspecified atom stereocenters. The summed E-state index contributed by atoms with van der Waals surface area (Å²) in [6.45, 7) is 3.70. The minimum atomic E-state index is 0.331. The van der Waals surface area contributed by atoms with Crippen LogP contribution in [0.25, 0.3) is 0 Å². The maximum atomic E-state index is 8.68. The van der Waals surface area contributed by atoms with Crippen molar-refractivity contribution in [2.45, 2.75) is 12.8 Å². The summed E-state index contributed by atoms with van der Waals surface area (Å²) >= 11 is 0. The summed E-state index contributed by atoms with van der Waals surface area (Å²) < 4.78 is 0. The predicted molar refractivity (Wildman–Crippen MR) is 39.7 cm³/mol. The van der Waals surface area contributed by atoms with Crippen molar-refractivity contribution in [2.24, 2.45) is 11.8 Å². The zero-order chi connectivity index (χ0) is 6.97. The van der Waals surface area contributed by atoms with Crippen LogP contribution in [-0.2, 0) is 0 Å². The highest BCUT2D eigenvalue weighted by atomic mass is 16.3. The summed E-state index contributed by atoms with van der Waals surface area (Å²) in [6, 6.07) is 0. The molecule has 1 saturated heterocycles. The third-order valence-electron chi connectivity index (χ3n) is 2.79. The molecule has 0 amide bonds. The van der Waals surface area contributed by atoms with Gasteiger partial charge in [-0.15, -0.1) is 0 Å². The quantitative estimate of drug-likeness (QED) is 0.598. The van der Waals surface area contributed by atoms with Gasteiger partial charge >= 0.3 is 0 Å². The summed E-state index contributed by atoms with van der Waals surface area (Å²) in [5.74, 6) is 2.07. The Morgan fingerprint density at radius 2 is 2.30 bits per heavy atom. The Morgan fingerprint density at radius 1 is 1.40 bits per heavy atom. The van der Waals surface area contributed by atoms with E-state index in [4.69, 9.17) is 5.11 Å². The highest BCUT2D eigenvalue weighted by molar-refractivity contribution is 4.92. The highest BCUT2D eigenvalue weighted by Crippen LogP contribution is 2.44. The number of hydrogen-bond acceptors (Lipinski definition) is 2. The van der Waals surface area contributed by atoms with Gasteiger partial charge in [0.15, 0.2) is 0 Å². The van der Waals surface area contributed by atoms with Gasteiger partial charge < -0.3 is 10.0 Å². The van der Waals surface area contributed by atoms with Crippen molar-refractivity contribution in [2.75, 3.05) is 26.2 Å². The third-order valence-corrected chi connectivity index (χ3v) is 2.79. The smallest absolute Gasteiger partial charge is 0.0558 e. The monoisotopic (exact) mass is 141 g/mol. The van der Waals surface area contributed by atoms with E-state index in [1.165, 1.54) is 25.9 Å². The lowest BCUT2D eigenvalue weighted by molar-refractivity contribution is 0.168. The maximum absolute atomic E-state index is 8.68. The largest absolute Gasteiger partial charge is 0.395 e. The second-order valence-electron chi connectivity index (χ2n) is 3.57. The third kappa shape index (κ3) is 1.18. The standard InChI is InChI=1S/C8H15NO/c10-4-3-9-2-1-7-5-8(7)6-9/h7-8,10H,1-6H2. The van der Waals surface area contributed by atoms with Crippen LogP contribution in [0.4, 0.5) is 0 Å². The van der Waals surface area contributed by atoms with Crippen LogP contribution in [0.1, 0.15) is 12.8 Å². The number of aliphatic hydroxyl groups is 1. The summed E-state index contributed by atoms with van der Waals surface area (Å²) in [7, 11) is 0. The number of hydrogen-bond donors (Lipinski definition) is 1. The van der Waals surface area contributed by atoms with Crippen LogP contribution in [0.2, 0.25) is 0 Å². The zero-order valence-electron chi connectivity index (χ0n) is 6.29. The SMILES string of the molecule is OCCN1CCC2CC2C1. The fraction of sp³-hybridized carbons (Fsp3) is 1.00. The van der Waals surface area contributed by atoms with Crippen molar-refractivity contribution >= 4 is 0 Å². The normalized spacial score (nSPS) is 39.3. The highest BCUT2D eigenvalue weighted by Gasteiger charge is 2.40. The van der Waals surface area contributed by atoms with Crippen molar-refractivity contribution in [3.05, 3.63) is 0 Å². The Labute approximate surface area is 61.8 Å². The lowest BCUT2D eigenvalue weighted by Gasteiger charge is -2.24.